The number of carbonyl (C=O) groups is 1. The number of benzene rings is 1. The van der Waals surface area contributed by atoms with Gasteiger partial charge in [0.25, 0.3) is 0 Å². The van der Waals surface area contributed by atoms with Crippen molar-refractivity contribution in [3.8, 4) is 0 Å². The van der Waals surface area contributed by atoms with Crippen molar-refractivity contribution in [2.24, 2.45) is 5.73 Å². The molecular weight excluding hydrogens is 319 g/mol. The van der Waals surface area contributed by atoms with E-state index in [-0.39, 0.29) is 12.6 Å². The van der Waals surface area contributed by atoms with Gasteiger partial charge < -0.3 is 16.2 Å². The lowest BCUT2D eigenvalue weighted by Gasteiger charge is -2.15. The zero-order valence-electron chi connectivity index (χ0n) is 8.98. The molecule has 4 N–H and O–H groups in total. The first kappa shape index (κ1) is 13.4. The number of carbonyl (C=O) groups excluding carboxylic acids is 1. The van der Waals surface area contributed by atoms with E-state index in [2.05, 4.69) is 27.9 Å². The van der Waals surface area contributed by atoms with Crippen molar-refractivity contribution in [3.05, 3.63) is 33.4 Å². The minimum absolute atomic E-state index is 0.0750. The standard InChI is InChI=1S/C11H15IN2O2/c1-7(14-6-10(15)11(13)16)8-2-4-9(12)5-3-8/h2-5,7,10,14-15H,6H2,1H3,(H2,13,16). The minimum atomic E-state index is -1.13. The third-order valence-corrected chi connectivity index (χ3v) is 3.03. The van der Waals surface area contributed by atoms with E-state index in [1.165, 1.54) is 3.57 Å². The molecule has 1 rings (SSSR count). The van der Waals surface area contributed by atoms with Crippen LogP contribution in [0, 0.1) is 3.57 Å². The van der Waals surface area contributed by atoms with E-state index in [4.69, 9.17) is 5.73 Å². The summed E-state index contributed by atoms with van der Waals surface area (Å²) in [7, 11) is 0. The summed E-state index contributed by atoms with van der Waals surface area (Å²) in [5.74, 6) is -0.706. The molecule has 2 unspecified atom stereocenters. The molecule has 0 saturated heterocycles. The molecule has 0 bridgehead atoms. The number of aliphatic hydroxyl groups excluding tert-OH is 1. The van der Waals surface area contributed by atoms with Gasteiger partial charge in [0.15, 0.2) is 0 Å². The molecule has 0 aliphatic carbocycles. The first-order chi connectivity index (χ1) is 7.50. The Morgan fingerprint density at radius 1 is 1.50 bits per heavy atom. The topological polar surface area (TPSA) is 75.3 Å². The van der Waals surface area contributed by atoms with Crippen molar-refractivity contribution in [2.75, 3.05) is 6.54 Å². The molecule has 16 heavy (non-hydrogen) atoms. The number of rotatable bonds is 5. The van der Waals surface area contributed by atoms with Gasteiger partial charge in [0.05, 0.1) is 0 Å². The molecule has 1 amide bonds. The SMILES string of the molecule is CC(NCC(O)C(N)=O)c1ccc(I)cc1. The molecule has 2 atom stereocenters. The van der Waals surface area contributed by atoms with Crippen LogP contribution in [0.4, 0.5) is 0 Å². The van der Waals surface area contributed by atoms with Crippen molar-refractivity contribution < 1.29 is 9.90 Å². The van der Waals surface area contributed by atoms with E-state index < -0.39 is 12.0 Å². The highest BCUT2D eigenvalue weighted by Crippen LogP contribution is 2.14. The monoisotopic (exact) mass is 334 g/mol. The molecular formula is C11H15IN2O2. The van der Waals surface area contributed by atoms with Gasteiger partial charge in [-0.3, -0.25) is 4.79 Å². The Kier molecular flexibility index (Phi) is 5.17. The second-order valence-electron chi connectivity index (χ2n) is 3.60. The third-order valence-electron chi connectivity index (χ3n) is 2.32. The molecule has 0 saturated carbocycles. The largest absolute Gasteiger partial charge is 0.382 e. The zero-order valence-corrected chi connectivity index (χ0v) is 11.1. The van der Waals surface area contributed by atoms with Crippen molar-refractivity contribution in [1.82, 2.24) is 5.32 Å². The lowest BCUT2D eigenvalue weighted by Crippen LogP contribution is -2.38. The maximum Gasteiger partial charge on any atom is 0.247 e. The smallest absolute Gasteiger partial charge is 0.247 e. The maximum absolute atomic E-state index is 10.6. The van der Waals surface area contributed by atoms with Gasteiger partial charge in [0, 0.05) is 16.2 Å². The Labute approximate surface area is 108 Å². The molecule has 5 heteroatoms. The van der Waals surface area contributed by atoms with Crippen molar-refractivity contribution in [3.63, 3.8) is 0 Å². The highest BCUT2D eigenvalue weighted by Gasteiger charge is 2.12. The van der Waals surface area contributed by atoms with Crippen LogP contribution in [0.1, 0.15) is 18.5 Å². The lowest BCUT2D eigenvalue weighted by atomic mass is 10.1. The van der Waals surface area contributed by atoms with Crippen LogP contribution in [0.25, 0.3) is 0 Å². The van der Waals surface area contributed by atoms with Gasteiger partial charge in [-0.2, -0.15) is 0 Å². The van der Waals surface area contributed by atoms with Gasteiger partial charge in [-0.25, -0.2) is 0 Å². The number of hydrogen-bond acceptors (Lipinski definition) is 3. The Morgan fingerprint density at radius 2 is 2.06 bits per heavy atom. The summed E-state index contributed by atoms with van der Waals surface area (Å²) in [5, 5.41) is 12.3. The van der Waals surface area contributed by atoms with Gasteiger partial charge in [-0.15, -0.1) is 0 Å². The van der Waals surface area contributed by atoms with Crippen LogP contribution < -0.4 is 11.1 Å². The fourth-order valence-electron chi connectivity index (χ4n) is 1.26. The summed E-state index contributed by atoms with van der Waals surface area (Å²) < 4.78 is 1.17. The zero-order chi connectivity index (χ0) is 12.1. The molecule has 0 heterocycles. The Bertz CT molecular complexity index is 354. The molecule has 1 aromatic rings. The first-order valence-electron chi connectivity index (χ1n) is 4.97. The highest BCUT2D eigenvalue weighted by molar-refractivity contribution is 14.1. The van der Waals surface area contributed by atoms with Crippen LogP contribution in [0.15, 0.2) is 24.3 Å². The Balaban J connectivity index is 2.49. The van der Waals surface area contributed by atoms with Gasteiger partial charge >= 0.3 is 0 Å². The van der Waals surface area contributed by atoms with Gasteiger partial charge in [-0.1, -0.05) is 12.1 Å². The number of amides is 1. The van der Waals surface area contributed by atoms with Crippen LogP contribution in [-0.2, 0) is 4.79 Å². The number of primary amides is 1. The normalized spacial score (nSPS) is 14.4. The maximum atomic E-state index is 10.6. The molecule has 0 fully saturated rings. The quantitative estimate of drug-likeness (QED) is 0.697. The number of hydrogen-bond donors (Lipinski definition) is 3. The van der Waals surface area contributed by atoms with Crippen LogP contribution in [0.5, 0.6) is 0 Å². The second-order valence-corrected chi connectivity index (χ2v) is 4.85. The van der Waals surface area contributed by atoms with Gasteiger partial charge in [-0.05, 0) is 47.2 Å². The number of halogens is 1. The average Bonchev–Trinajstić information content (AvgIpc) is 2.26. The van der Waals surface area contributed by atoms with E-state index >= 15 is 0 Å². The molecule has 0 aliphatic heterocycles. The Hall–Kier alpha value is -0.660. The Morgan fingerprint density at radius 3 is 2.56 bits per heavy atom. The molecule has 0 spiro atoms. The van der Waals surface area contributed by atoms with Crippen LogP contribution in [0.2, 0.25) is 0 Å². The third kappa shape index (κ3) is 4.07. The predicted octanol–water partition coefficient (Wildman–Crippen LogP) is 0.788. The van der Waals surface area contributed by atoms with Gasteiger partial charge in [0.2, 0.25) is 5.91 Å². The molecule has 0 aromatic heterocycles. The molecule has 88 valence electrons. The first-order valence-corrected chi connectivity index (χ1v) is 6.05. The summed E-state index contributed by atoms with van der Waals surface area (Å²) in [4.78, 5) is 10.6. The second kappa shape index (κ2) is 6.17. The van der Waals surface area contributed by atoms with E-state index in [9.17, 15) is 9.90 Å². The van der Waals surface area contributed by atoms with Crippen LogP contribution in [-0.4, -0.2) is 23.7 Å². The summed E-state index contributed by atoms with van der Waals surface area (Å²) in [6, 6.07) is 8.12. The van der Waals surface area contributed by atoms with Crippen LogP contribution >= 0.6 is 22.6 Å². The fourth-order valence-corrected chi connectivity index (χ4v) is 1.62. The number of aliphatic hydroxyl groups is 1. The predicted molar refractivity (Wildman–Crippen MR) is 70.8 cm³/mol. The van der Waals surface area contributed by atoms with Crippen molar-refractivity contribution >= 4 is 28.5 Å². The summed E-state index contributed by atoms with van der Waals surface area (Å²) >= 11 is 2.24. The highest BCUT2D eigenvalue weighted by atomic mass is 127. The van der Waals surface area contributed by atoms with Crippen LogP contribution in [0.3, 0.4) is 0 Å². The fraction of sp³-hybridized carbons (Fsp3) is 0.364. The summed E-state index contributed by atoms with van der Waals surface area (Å²) in [5.41, 5.74) is 6.06. The van der Waals surface area contributed by atoms with E-state index in [0.29, 0.717) is 0 Å². The van der Waals surface area contributed by atoms with Gasteiger partial charge in [0.1, 0.15) is 6.10 Å². The number of nitrogens with one attached hydrogen (secondary N) is 1. The molecule has 1 aromatic carbocycles. The van der Waals surface area contributed by atoms with Crippen molar-refractivity contribution in [2.45, 2.75) is 19.1 Å². The summed E-state index contributed by atoms with van der Waals surface area (Å²) in [6.45, 7) is 2.14. The minimum Gasteiger partial charge on any atom is -0.382 e. The summed E-state index contributed by atoms with van der Waals surface area (Å²) in [6.07, 6.45) is -1.13. The van der Waals surface area contributed by atoms with E-state index in [0.717, 1.165) is 5.56 Å². The molecule has 4 nitrogen and oxygen atoms in total. The number of nitrogens with two attached hydrogens (primary N) is 1. The average molecular weight is 334 g/mol. The lowest BCUT2D eigenvalue weighted by molar-refractivity contribution is -0.125. The molecule has 0 radical (unpaired) electrons. The van der Waals surface area contributed by atoms with Crippen molar-refractivity contribution in [1.29, 1.82) is 0 Å². The molecule has 0 aliphatic rings. The van der Waals surface area contributed by atoms with E-state index in [1.807, 2.05) is 31.2 Å². The van der Waals surface area contributed by atoms with E-state index in [1.54, 1.807) is 0 Å².